The highest BCUT2D eigenvalue weighted by Gasteiger charge is 2.01. The molecule has 2 heterocycles. The number of pyridine rings is 1. The predicted molar refractivity (Wildman–Crippen MR) is 56.2 cm³/mol. The van der Waals surface area contributed by atoms with Gasteiger partial charge in [0.05, 0.1) is 12.7 Å². The molecular formula is C11H11FN2O2. The van der Waals surface area contributed by atoms with E-state index in [2.05, 4.69) is 10.3 Å². The molecule has 4 nitrogen and oxygen atoms in total. The first-order valence-corrected chi connectivity index (χ1v) is 4.82. The molecule has 2 aromatic rings. The third kappa shape index (κ3) is 2.58. The van der Waals surface area contributed by atoms with Crippen LogP contribution in [-0.2, 0) is 13.2 Å². The summed E-state index contributed by atoms with van der Waals surface area (Å²) in [6.45, 7) is 0.327. The van der Waals surface area contributed by atoms with Gasteiger partial charge in [-0.25, -0.2) is 9.37 Å². The van der Waals surface area contributed by atoms with Crippen molar-refractivity contribution in [1.82, 2.24) is 4.98 Å². The molecular weight excluding hydrogens is 211 g/mol. The van der Waals surface area contributed by atoms with Crippen molar-refractivity contribution >= 4 is 5.82 Å². The van der Waals surface area contributed by atoms with Crippen LogP contribution in [0.1, 0.15) is 11.5 Å². The van der Waals surface area contributed by atoms with Gasteiger partial charge in [0.1, 0.15) is 29.8 Å². The first-order valence-electron chi connectivity index (χ1n) is 4.82. The Kier molecular flexibility index (Phi) is 3.16. The van der Waals surface area contributed by atoms with Gasteiger partial charge in [0.2, 0.25) is 0 Å². The summed E-state index contributed by atoms with van der Waals surface area (Å²) < 4.78 is 17.8. The molecule has 16 heavy (non-hydrogen) atoms. The maximum absolute atomic E-state index is 12.6. The summed E-state index contributed by atoms with van der Waals surface area (Å²) in [4.78, 5) is 3.84. The fourth-order valence-electron chi connectivity index (χ4n) is 1.26. The molecule has 2 rings (SSSR count). The molecule has 0 spiro atoms. The molecule has 2 aromatic heterocycles. The molecule has 0 saturated carbocycles. The summed E-state index contributed by atoms with van der Waals surface area (Å²) >= 11 is 0. The molecule has 0 radical (unpaired) electrons. The highest BCUT2D eigenvalue weighted by atomic mass is 19.1. The summed E-state index contributed by atoms with van der Waals surface area (Å²) in [5.74, 6) is 1.41. The highest BCUT2D eigenvalue weighted by molar-refractivity contribution is 5.33. The highest BCUT2D eigenvalue weighted by Crippen LogP contribution is 2.10. The Hall–Kier alpha value is -1.88. The molecule has 0 amide bonds. The zero-order chi connectivity index (χ0) is 11.4. The summed E-state index contributed by atoms with van der Waals surface area (Å²) in [7, 11) is 0. The second-order valence-electron chi connectivity index (χ2n) is 3.24. The lowest BCUT2D eigenvalue weighted by Crippen LogP contribution is -2.00. The van der Waals surface area contributed by atoms with Crippen molar-refractivity contribution in [2.45, 2.75) is 13.2 Å². The Balaban J connectivity index is 1.94. The second-order valence-corrected chi connectivity index (χ2v) is 3.24. The van der Waals surface area contributed by atoms with Crippen molar-refractivity contribution in [2.24, 2.45) is 0 Å². The Bertz CT molecular complexity index is 453. The number of aliphatic hydroxyl groups is 1. The van der Waals surface area contributed by atoms with Gasteiger partial charge in [0.25, 0.3) is 0 Å². The van der Waals surface area contributed by atoms with Crippen LogP contribution in [0.2, 0.25) is 0 Å². The lowest BCUT2D eigenvalue weighted by Gasteiger charge is -2.02. The summed E-state index contributed by atoms with van der Waals surface area (Å²) in [5, 5.41) is 11.8. The van der Waals surface area contributed by atoms with E-state index in [1.54, 1.807) is 18.2 Å². The third-order valence-corrected chi connectivity index (χ3v) is 2.04. The van der Waals surface area contributed by atoms with E-state index in [0.29, 0.717) is 23.9 Å². The molecule has 0 fully saturated rings. The van der Waals surface area contributed by atoms with Crippen LogP contribution in [-0.4, -0.2) is 10.1 Å². The molecule has 0 aromatic carbocycles. The van der Waals surface area contributed by atoms with Crippen LogP contribution in [0, 0.1) is 5.82 Å². The summed E-state index contributed by atoms with van der Waals surface area (Å²) in [5.41, 5.74) is 0. The van der Waals surface area contributed by atoms with E-state index < -0.39 is 0 Å². The Morgan fingerprint density at radius 2 is 2.06 bits per heavy atom. The molecule has 0 aliphatic carbocycles. The molecule has 0 saturated heterocycles. The standard InChI is InChI=1S/C11H11FN2O2/c12-8-1-4-11(13-5-8)14-6-9-2-3-10(7-15)16-9/h1-5,15H,6-7H2,(H,13,14). The largest absolute Gasteiger partial charge is 0.462 e. The Morgan fingerprint density at radius 3 is 2.69 bits per heavy atom. The van der Waals surface area contributed by atoms with Crippen molar-refractivity contribution in [3.05, 3.63) is 47.8 Å². The monoisotopic (exact) mass is 222 g/mol. The van der Waals surface area contributed by atoms with Crippen molar-refractivity contribution < 1.29 is 13.9 Å². The van der Waals surface area contributed by atoms with E-state index in [1.807, 2.05) is 0 Å². The fraction of sp³-hybridized carbons (Fsp3) is 0.182. The molecule has 0 unspecified atom stereocenters. The van der Waals surface area contributed by atoms with Crippen LogP contribution < -0.4 is 5.32 Å². The van der Waals surface area contributed by atoms with Gasteiger partial charge in [0.15, 0.2) is 0 Å². The predicted octanol–water partition coefficient (Wildman–Crippen LogP) is 1.92. The van der Waals surface area contributed by atoms with Crippen LogP contribution in [0.15, 0.2) is 34.9 Å². The number of aliphatic hydroxyl groups excluding tert-OH is 1. The van der Waals surface area contributed by atoms with E-state index in [1.165, 1.54) is 6.07 Å². The van der Waals surface area contributed by atoms with Gasteiger partial charge in [-0.15, -0.1) is 0 Å². The van der Waals surface area contributed by atoms with E-state index >= 15 is 0 Å². The zero-order valence-electron chi connectivity index (χ0n) is 8.48. The summed E-state index contributed by atoms with van der Waals surface area (Å²) in [6, 6.07) is 6.35. The SMILES string of the molecule is OCc1ccc(CNc2ccc(F)cn2)o1. The fourth-order valence-corrected chi connectivity index (χ4v) is 1.26. The van der Waals surface area contributed by atoms with Crippen molar-refractivity contribution in [2.75, 3.05) is 5.32 Å². The minimum Gasteiger partial charge on any atom is -0.462 e. The molecule has 0 aliphatic rings. The van der Waals surface area contributed by atoms with Crippen LogP contribution in [0.4, 0.5) is 10.2 Å². The second kappa shape index (κ2) is 4.76. The van der Waals surface area contributed by atoms with Crippen LogP contribution in [0.5, 0.6) is 0 Å². The molecule has 84 valence electrons. The van der Waals surface area contributed by atoms with Gasteiger partial charge in [0, 0.05) is 0 Å². The zero-order valence-corrected chi connectivity index (χ0v) is 8.48. The maximum Gasteiger partial charge on any atom is 0.141 e. The average molecular weight is 222 g/mol. The van der Waals surface area contributed by atoms with Gasteiger partial charge in [-0.05, 0) is 24.3 Å². The first kappa shape index (κ1) is 10.6. The average Bonchev–Trinajstić information content (AvgIpc) is 2.76. The maximum atomic E-state index is 12.6. The van der Waals surface area contributed by atoms with Crippen molar-refractivity contribution in [3.8, 4) is 0 Å². The van der Waals surface area contributed by atoms with Gasteiger partial charge < -0.3 is 14.8 Å². The number of hydrogen-bond acceptors (Lipinski definition) is 4. The third-order valence-electron chi connectivity index (χ3n) is 2.04. The van der Waals surface area contributed by atoms with E-state index in [0.717, 1.165) is 6.20 Å². The Morgan fingerprint density at radius 1 is 1.25 bits per heavy atom. The number of anilines is 1. The van der Waals surface area contributed by atoms with Crippen LogP contribution >= 0.6 is 0 Å². The summed E-state index contributed by atoms with van der Waals surface area (Å²) in [6.07, 6.45) is 1.14. The van der Waals surface area contributed by atoms with Gasteiger partial charge >= 0.3 is 0 Å². The topological polar surface area (TPSA) is 58.3 Å². The minimum atomic E-state index is -0.369. The van der Waals surface area contributed by atoms with Crippen LogP contribution in [0.25, 0.3) is 0 Å². The lowest BCUT2D eigenvalue weighted by molar-refractivity contribution is 0.244. The van der Waals surface area contributed by atoms with E-state index in [-0.39, 0.29) is 12.4 Å². The van der Waals surface area contributed by atoms with E-state index in [9.17, 15) is 4.39 Å². The van der Waals surface area contributed by atoms with Crippen LogP contribution in [0.3, 0.4) is 0 Å². The molecule has 0 bridgehead atoms. The quantitative estimate of drug-likeness (QED) is 0.829. The number of rotatable bonds is 4. The Labute approximate surface area is 91.7 Å². The number of hydrogen-bond donors (Lipinski definition) is 2. The molecule has 0 atom stereocenters. The molecule has 5 heteroatoms. The number of nitrogens with zero attached hydrogens (tertiary/aromatic N) is 1. The normalized spacial score (nSPS) is 10.4. The number of aromatic nitrogens is 1. The first-order chi connectivity index (χ1) is 7.78. The van der Waals surface area contributed by atoms with Crippen molar-refractivity contribution in [3.63, 3.8) is 0 Å². The van der Waals surface area contributed by atoms with Gasteiger partial charge in [-0.3, -0.25) is 0 Å². The number of nitrogens with one attached hydrogen (secondary N) is 1. The molecule has 2 N–H and O–H groups in total. The van der Waals surface area contributed by atoms with Gasteiger partial charge in [-0.1, -0.05) is 0 Å². The number of halogens is 1. The van der Waals surface area contributed by atoms with Gasteiger partial charge in [-0.2, -0.15) is 0 Å². The lowest BCUT2D eigenvalue weighted by atomic mass is 10.4. The minimum absolute atomic E-state index is 0.116. The smallest absolute Gasteiger partial charge is 0.141 e. The van der Waals surface area contributed by atoms with Crippen molar-refractivity contribution in [1.29, 1.82) is 0 Å². The number of furan rings is 1. The molecule has 0 aliphatic heterocycles. The van der Waals surface area contributed by atoms with E-state index in [4.69, 9.17) is 9.52 Å².